The lowest BCUT2D eigenvalue weighted by Gasteiger charge is -2.35. The molecule has 0 aromatic heterocycles. The minimum absolute atomic E-state index is 0.521. The van der Waals surface area contributed by atoms with E-state index in [9.17, 15) is 0 Å². The molecule has 0 unspecified atom stereocenters. The van der Waals surface area contributed by atoms with Crippen LogP contribution in [0.1, 0.15) is 27.8 Å². The normalized spacial score (nSPS) is 12.4. The van der Waals surface area contributed by atoms with E-state index in [0.29, 0.717) is 0 Å². The van der Waals surface area contributed by atoms with Crippen molar-refractivity contribution in [3.8, 4) is 44.5 Å². The maximum atomic E-state index is 4.01. The van der Waals surface area contributed by atoms with Gasteiger partial charge in [-0.25, -0.2) is 0 Å². The first-order chi connectivity index (χ1) is 30.7. The first-order valence-corrected chi connectivity index (χ1v) is 21.4. The van der Waals surface area contributed by atoms with E-state index in [1.165, 1.54) is 66.4 Å². The van der Waals surface area contributed by atoms with E-state index >= 15 is 0 Å². The number of hydrogen-bond acceptors (Lipinski definition) is 1. The number of para-hydroxylation sites is 1. The van der Waals surface area contributed by atoms with Crippen LogP contribution < -0.4 is 4.90 Å². The third-order valence-electron chi connectivity index (χ3n) is 12.7. The maximum absolute atomic E-state index is 4.01. The van der Waals surface area contributed by atoms with Crippen LogP contribution in [-0.4, -0.2) is 0 Å². The van der Waals surface area contributed by atoms with Crippen LogP contribution in [0.5, 0.6) is 0 Å². The zero-order chi connectivity index (χ0) is 41.5. The zero-order valence-electron chi connectivity index (χ0n) is 34.3. The molecule has 0 N–H and O–H groups in total. The van der Waals surface area contributed by atoms with Gasteiger partial charge in [-0.3, -0.25) is 0 Å². The summed E-state index contributed by atoms with van der Waals surface area (Å²) < 4.78 is 0. The molecule has 1 heteroatoms. The molecule has 62 heavy (non-hydrogen) atoms. The van der Waals surface area contributed by atoms with Crippen molar-refractivity contribution in [1.29, 1.82) is 0 Å². The van der Waals surface area contributed by atoms with Crippen LogP contribution >= 0.6 is 0 Å². The molecule has 0 heterocycles. The van der Waals surface area contributed by atoms with E-state index in [4.69, 9.17) is 0 Å². The highest BCUT2D eigenvalue weighted by atomic mass is 15.1. The lowest BCUT2D eigenvalue weighted by molar-refractivity contribution is 0.768. The summed E-state index contributed by atoms with van der Waals surface area (Å²) in [5.41, 5.74) is 18.6. The molecule has 0 spiro atoms. The van der Waals surface area contributed by atoms with Crippen molar-refractivity contribution in [2.24, 2.45) is 0 Å². The molecule has 1 aliphatic rings. The second-order valence-corrected chi connectivity index (χ2v) is 16.1. The van der Waals surface area contributed by atoms with Crippen molar-refractivity contribution >= 4 is 33.9 Å². The van der Waals surface area contributed by atoms with Gasteiger partial charge in [0.25, 0.3) is 0 Å². The summed E-state index contributed by atoms with van der Waals surface area (Å²) in [4.78, 5) is 2.45. The van der Waals surface area contributed by atoms with Gasteiger partial charge in [-0.15, -0.1) is 0 Å². The first kappa shape index (κ1) is 37.0. The van der Waals surface area contributed by atoms with Crippen LogP contribution in [0.15, 0.2) is 249 Å². The lowest BCUT2D eigenvalue weighted by Crippen LogP contribution is -2.28. The maximum Gasteiger partial charge on any atom is 0.0714 e. The number of benzene rings is 10. The number of nitrogens with zero attached hydrogens (tertiary/aromatic N) is 1. The van der Waals surface area contributed by atoms with Gasteiger partial charge in [-0.05, 0) is 108 Å². The molecule has 0 saturated carbocycles. The van der Waals surface area contributed by atoms with Crippen LogP contribution in [0.25, 0.3) is 61.4 Å². The largest absolute Gasteiger partial charge is 0.310 e. The smallest absolute Gasteiger partial charge is 0.0714 e. The third kappa shape index (κ3) is 6.09. The van der Waals surface area contributed by atoms with E-state index in [2.05, 4.69) is 254 Å². The van der Waals surface area contributed by atoms with E-state index in [1.54, 1.807) is 0 Å². The predicted molar refractivity (Wildman–Crippen MR) is 262 cm³/mol. The molecule has 292 valence electrons. The Morgan fingerprint density at radius 2 is 0.790 bits per heavy atom. The van der Waals surface area contributed by atoms with Crippen molar-refractivity contribution in [2.75, 3.05) is 4.90 Å². The fraction of sp³-hybridized carbons (Fsp3) is 0.0164. The van der Waals surface area contributed by atoms with Crippen molar-refractivity contribution in [1.82, 2.24) is 0 Å². The number of hydrogen-bond donors (Lipinski definition) is 0. The zero-order valence-corrected chi connectivity index (χ0v) is 34.3. The number of rotatable bonds is 9. The Balaban J connectivity index is 1.12. The minimum Gasteiger partial charge on any atom is -0.310 e. The molecule has 0 radical (unpaired) electrons. The van der Waals surface area contributed by atoms with Crippen LogP contribution in [0.2, 0.25) is 0 Å². The topological polar surface area (TPSA) is 3.24 Å². The van der Waals surface area contributed by atoms with E-state index in [-0.39, 0.29) is 0 Å². The lowest BCUT2D eigenvalue weighted by atomic mass is 9.67. The van der Waals surface area contributed by atoms with Gasteiger partial charge in [0, 0.05) is 16.9 Å². The Morgan fingerprint density at radius 3 is 1.42 bits per heavy atom. The molecule has 0 bridgehead atoms. The molecule has 0 atom stereocenters. The second kappa shape index (κ2) is 15.6. The summed E-state index contributed by atoms with van der Waals surface area (Å²) >= 11 is 0. The van der Waals surface area contributed by atoms with Gasteiger partial charge >= 0.3 is 0 Å². The summed E-state index contributed by atoms with van der Waals surface area (Å²) in [6, 6.07) is 88.8. The van der Waals surface area contributed by atoms with E-state index < -0.39 is 5.41 Å². The van der Waals surface area contributed by atoms with Gasteiger partial charge in [-0.1, -0.05) is 225 Å². The van der Waals surface area contributed by atoms with Gasteiger partial charge in [0.1, 0.15) is 0 Å². The molecule has 0 aliphatic heterocycles. The average Bonchev–Trinajstić information content (AvgIpc) is 3.65. The van der Waals surface area contributed by atoms with Gasteiger partial charge in [0.05, 0.1) is 11.1 Å². The SMILES string of the molecule is C=Cc1ccc(-c2ccccc2N(c2ccc(-c3ccc(-c4ccccc4)c4ccccc34)cc2)c2ccc3c(c2)C(c2ccccc2)(c2ccccc2)c2ccccc2-3)cc1. The van der Waals surface area contributed by atoms with E-state index in [0.717, 1.165) is 33.8 Å². The summed E-state index contributed by atoms with van der Waals surface area (Å²) in [6.07, 6.45) is 1.90. The third-order valence-corrected chi connectivity index (χ3v) is 12.7. The molecule has 1 aliphatic carbocycles. The standard InChI is InChI=1S/C61H43N/c1-2-43-30-32-46(33-31-43)53-24-15-17-29-60(53)62(49-36-34-45(35-37-49)52-41-40-51(44-18-6-3-7-19-44)54-25-12-13-26-55(52)54)50-38-39-57-56-27-14-16-28-58(56)61(59(57)42-50,47-20-8-4-9-21-47)48-22-10-5-11-23-48/h2-42H,1H2. The minimum atomic E-state index is -0.521. The first-order valence-electron chi connectivity index (χ1n) is 21.4. The van der Waals surface area contributed by atoms with Crippen LogP contribution in [0.4, 0.5) is 17.1 Å². The molecular formula is C61H43N. The Bertz CT molecular complexity index is 3180. The van der Waals surface area contributed by atoms with Crippen molar-refractivity contribution in [3.63, 3.8) is 0 Å². The molecule has 11 rings (SSSR count). The average molecular weight is 790 g/mol. The Morgan fingerprint density at radius 1 is 0.339 bits per heavy atom. The Labute approximate surface area is 364 Å². The molecule has 10 aromatic carbocycles. The fourth-order valence-electron chi connectivity index (χ4n) is 9.92. The summed E-state index contributed by atoms with van der Waals surface area (Å²) in [7, 11) is 0. The Kier molecular flexibility index (Phi) is 9.29. The quantitative estimate of drug-likeness (QED) is 0.141. The van der Waals surface area contributed by atoms with Gasteiger partial charge < -0.3 is 4.90 Å². The Hall–Kier alpha value is -8.00. The second-order valence-electron chi connectivity index (χ2n) is 16.1. The molecule has 1 nitrogen and oxygen atoms in total. The van der Waals surface area contributed by atoms with Gasteiger partial charge in [0.2, 0.25) is 0 Å². The van der Waals surface area contributed by atoms with Crippen LogP contribution in [-0.2, 0) is 5.41 Å². The highest BCUT2D eigenvalue weighted by molar-refractivity contribution is 6.05. The van der Waals surface area contributed by atoms with Crippen molar-refractivity contribution in [2.45, 2.75) is 5.41 Å². The van der Waals surface area contributed by atoms with Crippen LogP contribution in [0.3, 0.4) is 0 Å². The molecular weight excluding hydrogens is 747 g/mol. The highest BCUT2D eigenvalue weighted by Gasteiger charge is 2.46. The predicted octanol–water partition coefficient (Wildman–Crippen LogP) is 16.3. The highest BCUT2D eigenvalue weighted by Crippen LogP contribution is 2.57. The number of fused-ring (bicyclic) bond motifs is 4. The molecule has 0 fully saturated rings. The van der Waals surface area contributed by atoms with E-state index in [1.807, 2.05) is 6.08 Å². The van der Waals surface area contributed by atoms with Gasteiger partial charge in [0.15, 0.2) is 0 Å². The summed E-state index contributed by atoms with van der Waals surface area (Å²) in [5.74, 6) is 0. The van der Waals surface area contributed by atoms with Crippen molar-refractivity contribution < 1.29 is 0 Å². The number of anilines is 3. The molecule has 10 aromatic rings. The molecule has 0 amide bonds. The summed E-state index contributed by atoms with van der Waals surface area (Å²) in [6.45, 7) is 4.01. The summed E-state index contributed by atoms with van der Waals surface area (Å²) in [5, 5.41) is 2.49. The van der Waals surface area contributed by atoms with Crippen molar-refractivity contribution in [3.05, 3.63) is 277 Å². The fourth-order valence-corrected chi connectivity index (χ4v) is 9.92. The monoisotopic (exact) mass is 789 g/mol. The van der Waals surface area contributed by atoms with Crippen LogP contribution in [0, 0.1) is 0 Å². The van der Waals surface area contributed by atoms with Gasteiger partial charge in [-0.2, -0.15) is 0 Å². The molecule has 0 saturated heterocycles.